The lowest BCUT2D eigenvalue weighted by Gasteiger charge is -2.55. The number of nitrogens with one attached hydrogen (secondary N) is 2. The van der Waals surface area contributed by atoms with Crippen LogP contribution in [0.5, 0.6) is 0 Å². The number of hydrogen-bond acceptors (Lipinski definition) is 3. The van der Waals surface area contributed by atoms with Crippen molar-refractivity contribution in [1.29, 1.82) is 0 Å². The van der Waals surface area contributed by atoms with E-state index in [2.05, 4.69) is 37.3 Å². The molecule has 4 nitrogen and oxygen atoms in total. The molecule has 0 aliphatic heterocycles. The van der Waals surface area contributed by atoms with Gasteiger partial charge in [0.25, 0.3) is 0 Å². The topological polar surface area (TPSA) is 50.4 Å². The molecule has 17 heavy (non-hydrogen) atoms. The maximum absolute atomic E-state index is 11.2. The van der Waals surface area contributed by atoms with Gasteiger partial charge in [-0.3, -0.25) is 0 Å². The predicted octanol–water partition coefficient (Wildman–Crippen LogP) is 2.35. The molecule has 2 N–H and O–H groups in total. The van der Waals surface area contributed by atoms with E-state index in [9.17, 15) is 4.79 Å². The third kappa shape index (κ3) is 1.92. The van der Waals surface area contributed by atoms with E-state index in [1.807, 2.05) is 6.92 Å². The van der Waals surface area contributed by atoms with Crippen LogP contribution in [0.25, 0.3) is 0 Å². The van der Waals surface area contributed by atoms with Gasteiger partial charge in [-0.25, -0.2) is 10.3 Å². The van der Waals surface area contributed by atoms with Crippen LogP contribution >= 0.6 is 0 Å². The molecule has 1 fully saturated rings. The molecule has 0 heterocycles. The van der Waals surface area contributed by atoms with E-state index >= 15 is 0 Å². The summed E-state index contributed by atoms with van der Waals surface area (Å²) in [5.41, 5.74) is 4.91. The van der Waals surface area contributed by atoms with E-state index < -0.39 is 6.09 Å². The highest BCUT2D eigenvalue weighted by molar-refractivity contribution is 5.66. The van der Waals surface area contributed by atoms with Gasteiger partial charge in [-0.1, -0.05) is 26.5 Å². The summed E-state index contributed by atoms with van der Waals surface area (Å²) in [7, 11) is 0. The maximum atomic E-state index is 11.2. The first-order chi connectivity index (χ1) is 7.96. The quantitative estimate of drug-likeness (QED) is 0.739. The molecule has 0 unspecified atom stereocenters. The van der Waals surface area contributed by atoms with Crippen molar-refractivity contribution in [2.75, 3.05) is 6.54 Å². The van der Waals surface area contributed by atoms with E-state index in [1.165, 1.54) is 0 Å². The number of hydroxylamine groups is 1. The molecule has 3 aliphatic rings. The molecular formula is C13H20N2O2. The smallest absolute Gasteiger partial charge is 0.324 e. The van der Waals surface area contributed by atoms with Crippen LogP contribution in [0.1, 0.15) is 27.2 Å². The van der Waals surface area contributed by atoms with E-state index in [0.29, 0.717) is 23.8 Å². The largest absolute Gasteiger partial charge is 0.431 e. The van der Waals surface area contributed by atoms with Gasteiger partial charge in [0.15, 0.2) is 0 Å². The minimum Gasteiger partial charge on any atom is -0.324 e. The highest BCUT2D eigenvalue weighted by atomic mass is 16.7. The van der Waals surface area contributed by atoms with E-state index in [0.717, 1.165) is 17.7 Å². The molecule has 3 rings (SSSR count). The van der Waals surface area contributed by atoms with Crippen LogP contribution in [0.3, 0.4) is 0 Å². The zero-order valence-corrected chi connectivity index (χ0v) is 10.7. The van der Waals surface area contributed by atoms with Crippen LogP contribution in [0.4, 0.5) is 4.79 Å². The second-order valence-electron chi connectivity index (χ2n) is 5.34. The zero-order valence-electron chi connectivity index (χ0n) is 10.7. The van der Waals surface area contributed by atoms with Gasteiger partial charge in [-0.05, 0) is 36.2 Å². The molecule has 4 heteroatoms. The van der Waals surface area contributed by atoms with Crippen LogP contribution in [0.15, 0.2) is 23.9 Å². The molecule has 0 spiro atoms. The Labute approximate surface area is 102 Å². The van der Waals surface area contributed by atoms with E-state index in [4.69, 9.17) is 4.84 Å². The predicted molar refractivity (Wildman–Crippen MR) is 65.9 cm³/mol. The second kappa shape index (κ2) is 4.09. The van der Waals surface area contributed by atoms with Gasteiger partial charge < -0.3 is 10.2 Å². The lowest BCUT2D eigenvalue weighted by atomic mass is 9.49. The first kappa shape index (κ1) is 12.0. The van der Waals surface area contributed by atoms with Crippen LogP contribution in [0.2, 0.25) is 0 Å². The molecule has 0 saturated heterocycles. The number of fused-ring (bicyclic) bond motifs is 1. The lowest BCUT2D eigenvalue weighted by Crippen LogP contribution is -2.49. The molecule has 2 bridgehead atoms. The number of rotatable bonds is 3. The average molecular weight is 236 g/mol. The van der Waals surface area contributed by atoms with Gasteiger partial charge >= 0.3 is 6.09 Å². The molecule has 0 aromatic rings. The number of amides is 1. The van der Waals surface area contributed by atoms with Crippen molar-refractivity contribution in [2.24, 2.45) is 17.3 Å². The van der Waals surface area contributed by atoms with Crippen molar-refractivity contribution in [3.63, 3.8) is 0 Å². The summed E-state index contributed by atoms with van der Waals surface area (Å²) in [6.45, 7) is 11.0. The summed E-state index contributed by atoms with van der Waals surface area (Å²) < 4.78 is 0. The van der Waals surface area contributed by atoms with Crippen molar-refractivity contribution < 1.29 is 9.63 Å². The van der Waals surface area contributed by atoms with Crippen molar-refractivity contribution >= 4 is 6.09 Å². The second-order valence-corrected chi connectivity index (χ2v) is 5.34. The third-order valence-corrected chi connectivity index (χ3v) is 4.05. The van der Waals surface area contributed by atoms with Gasteiger partial charge in [0.1, 0.15) is 0 Å². The van der Waals surface area contributed by atoms with Crippen molar-refractivity contribution in [2.45, 2.75) is 27.2 Å². The van der Waals surface area contributed by atoms with Gasteiger partial charge in [-0.15, -0.1) is 0 Å². The Morgan fingerprint density at radius 3 is 2.88 bits per heavy atom. The molecule has 2 atom stereocenters. The molecule has 0 aromatic heterocycles. The summed E-state index contributed by atoms with van der Waals surface area (Å²) in [5.74, 6) is 1.05. The minimum absolute atomic E-state index is 0.300. The molecule has 1 amide bonds. The van der Waals surface area contributed by atoms with Crippen molar-refractivity contribution in [1.82, 2.24) is 10.8 Å². The van der Waals surface area contributed by atoms with E-state index in [-0.39, 0.29) is 0 Å². The first-order valence-electron chi connectivity index (χ1n) is 6.08. The monoisotopic (exact) mass is 236 g/mol. The molecule has 1 saturated carbocycles. The number of carbonyl (C=O) groups is 1. The standard InChI is InChI=1S/C13H20N2O2/c1-5-14-12(16)17-15-11-7-9-6-10(8(11)2)13(9,3)4/h7,9-10,15H,2,5-6H2,1,3-4H3,(H,14,16)/t9-,10+/m1/s1. The maximum Gasteiger partial charge on any atom is 0.431 e. The van der Waals surface area contributed by atoms with Gasteiger partial charge in [0.05, 0.1) is 5.70 Å². The first-order valence-corrected chi connectivity index (χ1v) is 6.08. The lowest BCUT2D eigenvalue weighted by molar-refractivity contribution is 0.0219. The summed E-state index contributed by atoms with van der Waals surface area (Å²) in [6, 6.07) is 0. The van der Waals surface area contributed by atoms with Crippen molar-refractivity contribution in [3.05, 3.63) is 23.9 Å². The van der Waals surface area contributed by atoms with Gasteiger partial charge in [0.2, 0.25) is 0 Å². The Bertz CT molecular complexity index is 385. The number of carbonyl (C=O) groups excluding carboxylic acids is 1. The summed E-state index contributed by atoms with van der Waals surface area (Å²) in [5, 5.41) is 2.56. The van der Waals surface area contributed by atoms with Gasteiger partial charge in [-0.2, -0.15) is 0 Å². The Hall–Kier alpha value is -1.45. The molecule has 94 valence electrons. The zero-order chi connectivity index (χ0) is 12.6. The Kier molecular flexibility index (Phi) is 2.89. The SMILES string of the molecule is C=C1C(NOC(=O)NCC)=C[C@H]2C[C@@H]1C2(C)C. The van der Waals surface area contributed by atoms with E-state index in [1.54, 1.807) is 0 Å². The number of hydrogen-bond donors (Lipinski definition) is 2. The Balaban J connectivity index is 1.96. The Morgan fingerprint density at radius 2 is 2.35 bits per heavy atom. The van der Waals surface area contributed by atoms with Crippen molar-refractivity contribution in [3.8, 4) is 0 Å². The summed E-state index contributed by atoms with van der Waals surface area (Å²) in [6.07, 6.45) is 2.83. The molecule has 0 radical (unpaired) electrons. The fraction of sp³-hybridized carbons (Fsp3) is 0.615. The minimum atomic E-state index is -0.459. The van der Waals surface area contributed by atoms with Gasteiger partial charge in [0, 0.05) is 6.54 Å². The van der Waals surface area contributed by atoms with Crippen LogP contribution in [0, 0.1) is 17.3 Å². The number of allylic oxidation sites excluding steroid dienone is 2. The van der Waals surface area contributed by atoms with Crippen LogP contribution < -0.4 is 10.8 Å². The summed E-state index contributed by atoms with van der Waals surface area (Å²) in [4.78, 5) is 16.1. The highest BCUT2D eigenvalue weighted by Crippen LogP contribution is 2.59. The molecule has 3 aliphatic carbocycles. The highest BCUT2D eigenvalue weighted by Gasteiger charge is 2.51. The molecule has 0 aromatic carbocycles. The van der Waals surface area contributed by atoms with Crippen LogP contribution in [-0.4, -0.2) is 12.6 Å². The third-order valence-electron chi connectivity index (χ3n) is 4.05. The molecular weight excluding hydrogens is 216 g/mol. The fourth-order valence-corrected chi connectivity index (χ4v) is 2.71. The normalized spacial score (nSPS) is 28.9. The summed E-state index contributed by atoms with van der Waals surface area (Å²) >= 11 is 0. The Morgan fingerprint density at radius 1 is 1.65 bits per heavy atom. The average Bonchev–Trinajstić information content (AvgIpc) is 2.27. The fourth-order valence-electron chi connectivity index (χ4n) is 2.71. The van der Waals surface area contributed by atoms with Crippen LogP contribution in [-0.2, 0) is 4.84 Å².